The molecule has 0 spiro atoms. The van der Waals surface area contributed by atoms with E-state index in [4.69, 9.17) is 34.7 Å². The van der Waals surface area contributed by atoms with Crippen LogP contribution in [0.5, 0.6) is 0 Å². The maximum Gasteiger partial charge on any atom is 0.0638 e. The van der Waals surface area contributed by atoms with Crippen molar-refractivity contribution >= 4 is 34.6 Å². The molecule has 0 aromatic heterocycles. The first-order valence-electron chi connectivity index (χ1n) is 5.14. The number of halogens is 2. The molecule has 0 aliphatic carbocycles. The highest BCUT2D eigenvalue weighted by Crippen LogP contribution is 2.26. The van der Waals surface area contributed by atoms with Crippen LogP contribution in [0.25, 0.3) is 0 Å². The van der Waals surface area contributed by atoms with Crippen molar-refractivity contribution in [3.63, 3.8) is 0 Å². The van der Waals surface area contributed by atoms with Crippen LogP contribution in [-0.2, 0) is 6.42 Å². The van der Waals surface area contributed by atoms with E-state index in [9.17, 15) is 0 Å². The molecule has 88 valence electrons. The molecule has 4 heteroatoms. The smallest absolute Gasteiger partial charge is 0.0638 e. The van der Waals surface area contributed by atoms with Crippen molar-refractivity contribution in [2.24, 2.45) is 0 Å². The fraction of sp³-hybridized carbons (Fsp3) is 0.0769. The summed E-state index contributed by atoms with van der Waals surface area (Å²) in [7, 11) is 0. The molecular formula is C13H12Cl2N2. The van der Waals surface area contributed by atoms with Crippen molar-refractivity contribution < 1.29 is 0 Å². The Bertz CT molecular complexity index is 553. The lowest BCUT2D eigenvalue weighted by atomic mass is 10.0. The van der Waals surface area contributed by atoms with Gasteiger partial charge in [0.25, 0.3) is 0 Å². The van der Waals surface area contributed by atoms with E-state index < -0.39 is 0 Å². The molecule has 0 atom stereocenters. The number of rotatable bonds is 2. The summed E-state index contributed by atoms with van der Waals surface area (Å²) in [6.45, 7) is 0. The molecule has 2 nitrogen and oxygen atoms in total. The van der Waals surface area contributed by atoms with E-state index in [1.165, 1.54) is 0 Å². The van der Waals surface area contributed by atoms with E-state index in [-0.39, 0.29) is 0 Å². The van der Waals surface area contributed by atoms with Crippen molar-refractivity contribution in [2.75, 3.05) is 11.5 Å². The molecule has 2 aromatic rings. The van der Waals surface area contributed by atoms with Crippen LogP contribution in [-0.4, -0.2) is 0 Å². The summed E-state index contributed by atoms with van der Waals surface area (Å²) >= 11 is 11.9. The summed E-state index contributed by atoms with van der Waals surface area (Å²) in [5.74, 6) is 0. The van der Waals surface area contributed by atoms with Gasteiger partial charge in [0.1, 0.15) is 0 Å². The van der Waals surface area contributed by atoms with E-state index in [0.717, 1.165) is 11.1 Å². The molecule has 0 aliphatic rings. The normalized spacial score (nSPS) is 10.5. The largest absolute Gasteiger partial charge is 0.398 e. The highest BCUT2D eigenvalue weighted by molar-refractivity contribution is 6.33. The average Bonchev–Trinajstić information content (AvgIpc) is 2.30. The summed E-state index contributed by atoms with van der Waals surface area (Å²) in [4.78, 5) is 0. The molecule has 4 N–H and O–H groups in total. The Morgan fingerprint density at radius 3 is 2.41 bits per heavy atom. The summed E-state index contributed by atoms with van der Waals surface area (Å²) in [6, 6.07) is 11.2. The average molecular weight is 267 g/mol. The van der Waals surface area contributed by atoms with E-state index in [1.807, 2.05) is 24.3 Å². The molecule has 0 unspecified atom stereocenters. The topological polar surface area (TPSA) is 52.0 Å². The third-order valence-corrected chi connectivity index (χ3v) is 3.26. The van der Waals surface area contributed by atoms with Gasteiger partial charge in [-0.1, -0.05) is 41.4 Å². The van der Waals surface area contributed by atoms with E-state index in [0.29, 0.717) is 27.8 Å². The molecule has 2 rings (SSSR count). The van der Waals surface area contributed by atoms with E-state index >= 15 is 0 Å². The second-order valence-electron chi connectivity index (χ2n) is 3.85. The third kappa shape index (κ3) is 2.65. The molecule has 17 heavy (non-hydrogen) atoms. The lowest BCUT2D eigenvalue weighted by Gasteiger charge is -2.08. The molecular weight excluding hydrogens is 255 g/mol. The number of nitrogens with two attached hydrogens (primary N) is 2. The fourth-order valence-corrected chi connectivity index (χ4v) is 2.03. The monoisotopic (exact) mass is 266 g/mol. The van der Waals surface area contributed by atoms with Gasteiger partial charge in [-0.2, -0.15) is 0 Å². The van der Waals surface area contributed by atoms with Gasteiger partial charge in [0.2, 0.25) is 0 Å². The third-order valence-electron chi connectivity index (χ3n) is 2.60. The van der Waals surface area contributed by atoms with Crippen LogP contribution in [0.4, 0.5) is 11.4 Å². The Morgan fingerprint density at radius 2 is 1.71 bits per heavy atom. The summed E-state index contributed by atoms with van der Waals surface area (Å²) in [6.07, 6.45) is 0.687. The van der Waals surface area contributed by atoms with E-state index in [1.54, 1.807) is 12.1 Å². The predicted octanol–water partition coefficient (Wildman–Crippen LogP) is 3.75. The lowest BCUT2D eigenvalue weighted by molar-refractivity contribution is 1.20. The summed E-state index contributed by atoms with van der Waals surface area (Å²) in [5, 5.41) is 1.13. The Labute approximate surface area is 110 Å². The van der Waals surface area contributed by atoms with Crippen LogP contribution in [0.2, 0.25) is 10.0 Å². The highest BCUT2D eigenvalue weighted by Gasteiger charge is 2.05. The standard InChI is InChI=1S/C13H12Cl2N2/c14-10-3-1-2-9(13(10)17)6-8-4-5-12(16)11(15)7-8/h1-5,7H,6,16-17H2. The van der Waals surface area contributed by atoms with Gasteiger partial charge in [0, 0.05) is 0 Å². The van der Waals surface area contributed by atoms with Gasteiger partial charge >= 0.3 is 0 Å². The number of benzene rings is 2. The Balaban J connectivity index is 2.31. The van der Waals surface area contributed by atoms with Crippen LogP contribution in [0.3, 0.4) is 0 Å². The molecule has 0 amide bonds. The lowest BCUT2D eigenvalue weighted by Crippen LogP contribution is -1.97. The zero-order valence-corrected chi connectivity index (χ0v) is 10.6. The van der Waals surface area contributed by atoms with Crippen molar-refractivity contribution in [1.82, 2.24) is 0 Å². The van der Waals surface area contributed by atoms with Gasteiger partial charge in [0.15, 0.2) is 0 Å². The molecule has 0 aliphatic heterocycles. The fourth-order valence-electron chi connectivity index (χ4n) is 1.64. The first-order valence-corrected chi connectivity index (χ1v) is 5.90. The Kier molecular flexibility index (Phi) is 3.46. The molecule has 0 saturated heterocycles. The number of hydrogen-bond donors (Lipinski definition) is 2. The second-order valence-corrected chi connectivity index (χ2v) is 4.66. The van der Waals surface area contributed by atoms with Crippen molar-refractivity contribution in [3.05, 3.63) is 57.6 Å². The van der Waals surface area contributed by atoms with Crippen LogP contribution < -0.4 is 11.5 Å². The van der Waals surface area contributed by atoms with Gasteiger partial charge in [-0.25, -0.2) is 0 Å². The molecule has 0 bridgehead atoms. The molecule has 0 radical (unpaired) electrons. The van der Waals surface area contributed by atoms with Crippen LogP contribution >= 0.6 is 23.2 Å². The summed E-state index contributed by atoms with van der Waals surface area (Å²) in [5.41, 5.74) is 14.8. The molecule has 0 saturated carbocycles. The minimum atomic E-state index is 0.558. The van der Waals surface area contributed by atoms with Crippen LogP contribution in [0.15, 0.2) is 36.4 Å². The van der Waals surface area contributed by atoms with E-state index in [2.05, 4.69) is 0 Å². The number of nitrogen functional groups attached to an aromatic ring is 2. The SMILES string of the molecule is Nc1ccc(Cc2cccc(Cl)c2N)cc1Cl. The van der Waals surface area contributed by atoms with Gasteiger partial charge in [0.05, 0.1) is 21.4 Å². The van der Waals surface area contributed by atoms with Gasteiger partial charge in [-0.15, -0.1) is 0 Å². The first-order chi connectivity index (χ1) is 8.08. The van der Waals surface area contributed by atoms with Crippen LogP contribution in [0, 0.1) is 0 Å². The van der Waals surface area contributed by atoms with Gasteiger partial charge in [-0.05, 0) is 35.7 Å². The van der Waals surface area contributed by atoms with Crippen molar-refractivity contribution in [1.29, 1.82) is 0 Å². The van der Waals surface area contributed by atoms with Crippen molar-refractivity contribution in [3.8, 4) is 0 Å². The maximum atomic E-state index is 5.97. The second kappa shape index (κ2) is 4.86. The molecule has 0 heterocycles. The van der Waals surface area contributed by atoms with Gasteiger partial charge < -0.3 is 11.5 Å². The number of para-hydroxylation sites is 1. The minimum Gasteiger partial charge on any atom is -0.398 e. The zero-order valence-electron chi connectivity index (χ0n) is 9.08. The first kappa shape index (κ1) is 12.1. The summed E-state index contributed by atoms with van der Waals surface area (Å²) < 4.78 is 0. The number of anilines is 2. The maximum absolute atomic E-state index is 5.97. The Morgan fingerprint density at radius 1 is 0.941 bits per heavy atom. The Hall–Kier alpha value is -1.38. The molecule has 2 aromatic carbocycles. The highest BCUT2D eigenvalue weighted by atomic mass is 35.5. The minimum absolute atomic E-state index is 0.558. The molecule has 0 fully saturated rings. The number of hydrogen-bond acceptors (Lipinski definition) is 2. The van der Waals surface area contributed by atoms with Gasteiger partial charge in [-0.3, -0.25) is 0 Å². The predicted molar refractivity (Wildman–Crippen MR) is 74.5 cm³/mol. The quantitative estimate of drug-likeness (QED) is 0.814. The van der Waals surface area contributed by atoms with Crippen LogP contribution in [0.1, 0.15) is 11.1 Å². The van der Waals surface area contributed by atoms with Crippen molar-refractivity contribution in [2.45, 2.75) is 6.42 Å². The zero-order chi connectivity index (χ0) is 12.4.